The smallest absolute Gasteiger partial charge is 0.295 e. The molecule has 1 aromatic heterocycles. The fourth-order valence-electron chi connectivity index (χ4n) is 2.78. The normalized spacial score (nSPS) is 16.2. The number of anilines is 2. The van der Waals surface area contributed by atoms with Crippen LogP contribution in [-0.2, 0) is 0 Å². The molecule has 1 aliphatic carbocycles. The first-order valence-electron chi connectivity index (χ1n) is 6.85. The Morgan fingerprint density at radius 1 is 1.43 bits per heavy atom. The van der Waals surface area contributed by atoms with Crippen molar-refractivity contribution in [1.82, 2.24) is 4.98 Å². The van der Waals surface area contributed by atoms with Gasteiger partial charge in [0.25, 0.3) is 5.69 Å². The van der Waals surface area contributed by atoms with E-state index in [1.165, 1.54) is 23.8 Å². The number of thiazole rings is 1. The average Bonchev–Trinajstić information content (AvgIpc) is 2.85. The van der Waals surface area contributed by atoms with Crippen LogP contribution < -0.4 is 11.1 Å². The number of nitrogens with two attached hydrogens (primary N) is 1. The molecule has 1 aromatic carbocycles. The first-order chi connectivity index (χ1) is 10.1. The predicted octanol–water partition coefficient (Wildman–Crippen LogP) is 4.18. The third kappa shape index (κ3) is 2.75. The standard InChI is InChI=1S/C13H15ClN4O2S/c14-8-6-9(18(19)20)11(12-10(8)17-13(15)21-12)16-7-4-2-1-3-5-7/h6-7,16H,1-5H2,(H2,15,17). The second-order valence-electron chi connectivity index (χ2n) is 5.22. The second-order valence-corrected chi connectivity index (χ2v) is 6.66. The average molecular weight is 327 g/mol. The van der Waals surface area contributed by atoms with Crippen molar-refractivity contribution in [3.8, 4) is 0 Å². The van der Waals surface area contributed by atoms with Gasteiger partial charge in [0.05, 0.1) is 14.6 Å². The van der Waals surface area contributed by atoms with Crippen molar-refractivity contribution >= 4 is 49.7 Å². The van der Waals surface area contributed by atoms with Crippen molar-refractivity contribution in [3.05, 3.63) is 21.2 Å². The largest absolute Gasteiger partial charge is 0.376 e. The Labute approximate surface area is 130 Å². The first kappa shape index (κ1) is 14.3. The lowest BCUT2D eigenvalue weighted by atomic mass is 9.95. The lowest BCUT2D eigenvalue weighted by molar-refractivity contribution is -0.383. The third-order valence-electron chi connectivity index (χ3n) is 3.77. The highest BCUT2D eigenvalue weighted by molar-refractivity contribution is 7.22. The van der Waals surface area contributed by atoms with E-state index in [1.807, 2.05) is 0 Å². The molecule has 112 valence electrons. The Balaban J connectivity index is 2.10. The maximum absolute atomic E-state index is 11.3. The number of nitrogens with one attached hydrogen (secondary N) is 1. The van der Waals surface area contributed by atoms with Gasteiger partial charge in [-0.1, -0.05) is 42.2 Å². The highest BCUT2D eigenvalue weighted by atomic mass is 35.5. The van der Waals surface area contributed by atoms with Gasteiger partial charge in [-0.2, -0.15) is 0 Å². The van der Waals surface area contributed by atoms with Gasteiger partial charge in [0.15, 0.2) is 5.13 Å². The van der Waals surface area contributed by atoms with Crippen molar-refractivity contribution < 1.29 is 4.92 Å². The summed E-state index contributed by atoms with van der Waals surface area (Å²) < 4.78 is 0.664. The van der Waals surface area contributed by atoms with Crippen LogP contribution in [0.15, 0.2) is 6.07 Å². The number of fused-ring (bicyclic) bond motifs is 1. The molecule has 6 nitrogen and oxygen atoms in total. The minimum atomic E-state index is -0.410. The zero-order chi connectivity index (χ0) is 15.0. The number of halogens is 1. The van der Waals surface area contributed by atoms with Crippen molar-refractivity contribution in [1.29, 1.82) is 0 Å². The first-order valence-corrected chi connectivity index (χ1v) is 8.05. The van der Waals surface area contributed by atoms with E-state index in [-0.39, 0.29) is 16.8 Å². The monoisotopic (exact) mass is 326 g/mol. The minimum Gasteiger partial charge on any atom is -0.376 e. The lowest BCUT2D eigenvalue weighted by Gasteiger charge is -2.24. The Morgan fingerprint density at radius 2 is 2.14 bits per heavy atom. The number of hydrogen-bond donors (Lipinski definition) is 2. The Bertz CT molecular complexity index is 697. The summed E-state index contributed by atoms with van der Waals surface area (Å²) in [5.74, 6) is 0. The summed E-state index contributed by atoms with van der Waals surface area (Å²) in [6, 6.07) is 1.61. The van der Waals surface area contributed by atoms with Crippen LogP contribution in [0, 0.1) is 10.1 Å². The lowest BCUT2D eigenvalue weighted by Crippen LogP contribution is -2.22. The molecular formula is C13H15ClN4O2S. The molecule has 0 spiro atoms. The molecule has 0 radical (unpaired) electrons. The summed E-state index contributed by atoms with van der Waals surface area (Å²) in [4.78, 5) is 15.1. The van der Waals surface area contributed by atoms with Crippen molar-refractivity contribution in [2.75, 3.05) is 11.1 Å². The van der Waals surface area contributed by atoms with Crippen molar-refractivity contribution in [2.24, 2.45) is 0 Å². The molecule has 0 atom stereocenters. The zero-order valence-electron chi connectivity index (χ0n) is 11.3. The summed E-state index contributed by atoms with van der Waals surface area (Å²) in [7, 11) is 0. The van der Waals surface area contributed by atoms with Gasteiger partial charge in [-0.15, -0.1) is 0 Å². The second kappa shape index (κ2) is 5.65. The summed E-state index contributed by atoms with van der Waals surface area (Å²) >= 11 is 7.32. The Morgan fingerprint density at radius 3 is 2.81 bits per heavy atom. The number of rotatable bonds is 3. The molecule has 0 aliphatic heterocycles. The van der Waals surface area contributed by atoms with Crippen LogP contribution in [0.2, 0.25) is 5.02 Å². The van der Waals surface area contributed by atoms with Gasteiger partial charge in [0.1, 0.15) is 11.2 Å². The molecule has 1 heterocycles. The highest BCUT2D eigenvalue weighted by Crippen LogP contribution is 2.42. The van der Waals surface area contributed by atoms with Crippen LogP contribution in [0.25, 0.3) is 10.2 Å². The topological polar surface area (TPSA) is 94.1 Å². The molecule has 1 fully saturated rings. The molecule has 2 aromatic rings. The molecule has 3 N–H and O–H groups in total. The van der Waals surface area contributed by atoms with E-state index in [0.717, 1.165) is 25.7 Å². The van der Waals surface area contributed by atoms with Crippen LogP contribution in [0.1, 0.15) is 32.1 Å². The molecule has 0 unspecified atom stereocenters. The molecular weight excluding hydrogens is 312 g/mol. The summed E-state index contributed by atoms with van der Waals surface area (Å²) in [6.07, 6.45) is 5.56. The number of hydrogen-bond acceptors (Lipinski definition) is 6. The number of benzene rings is 1. The number of nitrogen functional groups attached to an aromatic ring is 1. The fraction of sp³-hybridized carbons (Fsp3) is 0.462. The number of nitro benzene ring substituents is 1. The molecule has 21 heavy (non-hydrogen) atoms. The van der Waals surface area contributed by atoms with Gasteiger partial charge in [-0.3, -0.25) is 10.1 Å². The summed E-state index contributed by atoms with van der Waals surface area (Å²) in [5.41, 5.74) is 6.76. The maximum Gasteiger partial charge on any atom is 0.295 e. The zero-order valence-corrected chi connectivity index (χ0v) is 12.8. The van der Waals surface area contributed by atoms with E-state index in [2.05, 4.69) is 10.3 Å². The van der Waals surface area contributed by atoms with Crippen LogP contribution in [-0.4, -0.2) is 15.9 Å². The number of nitro groups is 1. The summed E-state index contributed by atoms with van der Waals surface area (Å²) in [6.45, 7) is 0. The Hall–Kier alpha value is -1.60. The number of aromatic nitrogens is 1. The van der Waals surface area contributed by atoms with E-state index >= 15 is 0 Å². The van der Waals surface area contributed by atoms with Crippen LogP contribution in [0.4, 0.5) is 16.5 Å². The minimum absolute atomic E-state index is 0.0123. The van der Waals surface area contributed by atoms with Crippen LogP contribution in [0.3, 0.4) is 0 Å². The highest BCUT2D eigenvalue weighted by Gasteiger charge is 2.25. The van der Waals surface area contributed by atoms with Gasteiger partial charge < -0.3 is 11.1 Å². The molecule has 3 rings (SSSR count). The Kier molecular flexibility index (Phi) is 3.86. The van der Waals surface area contributed by atoms with E-state index in [9.17, 15) is 10.1 Å². The predicted molar refractivity (Wildman–Crippen MR) is 86.2 cm³/mol. The van der Waals surface area contributed by atoms with E-state index < -0.39 is 4.92 Å². The quantitative estimate of drug-likeness (QED) is 0.651. The molecule has 8 heteroatoms. The maximum atomic E-state index is 11.3. The van der Waals surface area contributed by atoms with Crippen molar-refractivity contribution in [2.45, 2.75) is 38.1 Å². The molecule has 0 bridgehead atoms. The van der Waals surface area contributed by atoms with Crippen LogP contribution >= 0.6 is 22.9 Å². The van der Waals surface area contributed by atoms with Gasteiger partial charge in [-0.25, -0.2) is 4.98 Å². The van der Waals surface area contributed by atoms with Gasteiger partial charge in [-0.05, 0) is 12.8 Å². The molecule has 0 amide bonds. The van der Waals surface area contributed by atoms with Crippen LogP contribution in [0.5, 0.6) is 0 Å². The van der Waals surface area contributed by atoms with E-state index in [0.29, 0.717) is 21.0 Å². The molecule has 1 aliphatic rings. The molecule has 0 saturated heterocycles. The van der Waals surface area contributed by atoms with Gasteiger partial charge in [0, 0.05) is 12.1 Å². The molecule has 1 saturated carbocycles. The van der Waals surface area contributed by atoms with Gasteiger partial charge >= 0.3 is 0 Å². The van der Waals surface area contributed by atoms with Gasteiger partial charge in [0.2, 0.25) is 0 Å². The fourth-order valence-corrected chi connectivity index (χ4v) is 3.94. The van der Waals surface area contributed by atoms with E-state index in [1.54, 1.807) is 0 Å². The summed E-state index contributed by atoms with van der Waals surface area (Å²) in [5, 5.41) is 15.3. The van der Waals surface area contributed by atoms with Crippen molar-refractivity contribution in [3.63, 3.8) is 0 Å². The number of nitrogens with zero attached hydrogens (tertiary/aromatic N) is 2. The third-order valence-corrected chi connectivity index (χ3v) is 4.96. The SMILES string of the molecule is Nc1nc2c(Cl)cc([N+](=O)[O-])c(NC3CCCCC3)c2s1. The van der Waals surface area contributed by atoms with E-state index in [4.69, 9.17) is 17.3 Å².